The van der Waals surface area contributed by atoms with Gasteiger partial charge < -0.3 is 14.9 Å². The van der Waals surface area contributed by atoms with Crippen LogP contribution in [0.4, 0.5) is 10.2 Å². The van der Waals surface area contributed by atoms with Crippen molar-refractivity contribution in [1.82, 2.24) is 14.8 Å². The van der Waals surface area contributed by atoms with Crippen LogP contribution in [0.5, 0.6) is 0 Å². The number of aliphatic hydroxyl groups is 1. The van der Waals surface area contributed by atoms with Crippen molar-refractivity contribution in [1.29, 1.82) is 0 Å². The molecule has 2 saturated heterocycles. The standard InChI is InChI=1S/C18H29FN4O/c1-21-9-11-22(12-10-21)17-6-8-23(14-15(17)4-3-13-24)18-16(19)5-2-7-20-18/h2,5,7,15,17,24H,3-4,6,8-14H2,1H3/t15-,17+/m0/s1. The Morgan fingerprint density at radius 2 is 2.04 bits per heavy atom. The lowest BCUT2D eigenvalue weighted by molar-refractivity contribution is 0.0636. The van der Waals surface area contributed by atoms with Gasteiger partial charge in [0.25, 0.3) is 0 Å². The fourth-order valence-electron chi connectivity index (χ4n) is 4.09. The summed E-state index contributed by atoms with van der Waals surface area (Å²) in [5.74, 6) is 0.690. The van der Waals surface area contributed by atoms with Gasteiger partial charge in [-0.15, -0.1) is 0 Å². The molecule has 2 aliphatic heterocycles. The van der Waals surface area contributed by atoms with Crippen LogP contribution in [0.25, 0.3) is 0 Å². The first-order valence-electron chi connectivity index (χ1n) is 9.08. The molecule has 2 atom stereocenters. The second-order valence-corrected chi connectivity index (χ2v) is 7.08. The summed E-state index contributed by atoms with van der Waals surface area (Å²) < 4.78 is 14.1. The van der Waals surface area contributed by atoms with E-state index in [2.05, 4.69) is 26.7 Å². The number of anilines is 1. The van der Waals surface area contributed by atoms with Crippen molar-refractivity contribution in [3.8, 4) is 0 Å². The van der Waals surface area contributed by atoms with Crippen molar-refractivity contribution in [2.75, 3.05) is 57.8 Å². The Hall–Kier alpha value is -1.24. The SMILES string of the molecule is CN1CCN([C@@H]2CCN(c3ncccc3F)C[C@@H]2CCCO)CC1. The highest BCUT2D eigenvalue weighted by Crippen LogP contribution is 2.30. The molecular weight excluding hydrogens is 307 g/mol. The van der Waals surface area contributed by atoms with Crippen LogP contribution in [0.3, 0.4) is 0 Å². The van der Waals surface area contributed by atoms with Crippen LogP contribution in [0.1, 0.15) is 19.3 Å². The van der Waals surface area contributed by atoms with Crippen molar-refractivity contribution in [2.45, 2.75) is 25.3 Å². The number of halogens is 1. The molecule has 0 unspecified atom stereocenters. The third-order valence-corrected chi connectivity index (χ3v) is 5.47. The van der Waals surface area contributed by atoms with Crippen molar-refractivity contribution >= 4 is 5.82 Å². The maximum absolute atomic E-state index is 14.1. The predicted molar refractivity (Wildman–Crippen MR) is 93.7 cm³/mol. The van der Waals surface area contributed by atoms with Crippen molar-refractivity contribution < 1.29 is 9.50 Å². The van der Waals surface area contributed by atoms with Crippen LogP contribution < -0.4 is 4.90 Å². The number of piperidine rings is 1. The van der Waals surface area contributed by atoms with Gasteiger partial charge >= 0.3 is 0 Å². The molecule has 0 amide bonds. The fraction of sp³-hybridized carbons (Fsp3) is 0.722. The number of nitrogens with zero attached hydrogens (tertiary/aromatic N) is 4. The van der Waals surface area contributed by atoms with E-state index in [0.29, 0.717) is 17.8 Å². The van der Waals surface area contributed by atoms with Gasteiger partial charge in [-0.2, -0.15) is 0 Å². The van der Waals surface area contributed by atoms with Gasteiger partial charge in [0.1, 0.15) is 0 Å². The molecule has 3 heterocycles. The highest BCUT2D eigenvalue weighted by Gasteiger charge is 2.35. The molecule has 0 bridgehead atoms. The average molecular weight is 336 g/mol. The van der Waals surface area contributed by atoms with E-state index in [-0.39, 0.29) is 12.4 Å². The zero-order valence-corrected chi connectivity index (χ0v) is 14.6. The van der Waals surface area contributed by atoms with Crippen molar-refractivity contribution in [3.63, 3.8) is 0 Å². The van der Waals surface area contributed by atoms with Gasteiger partial charge in [-0.3, -0.25) is 4.90 Å². The van der Waals surface area contributed by atoms with Crippen molar-refractivity contribution in [3.05, 3.63) is 24.1 Å². The molecule has 3 rings (SSSR count). The lowest BCUT2D eigenvalue weighted by atomic mass is 9.86. The molecule has 0 aliphatic carbocycles. The first-order chi connectivity index (χ1) is 11.7. The minimum atomic E-state index is -0.239. The Bertz CT molecular complexity index is 521. The van der Waals surface area contributed by atoms with Gasteiger partial charge in [0.05, 0.1) is 0 Å². The van der Waals surface area contributed by atoms with Crippen LogP contribution in [0.15, 0.2) is 18.3 Å². The fourth-order valence-corrected chi connectivity index (χ4v) is 4.09. The largest absolute Gasteiger partial charge is 0.396 e. The number of piperazine rings is 1. The van der Waals surface area contributed by atoms with Gasteiger partial charge in [-0.1, -0.05) is 0 Å². The number of rotatable bonds is 5. The molecule has 1 aromatic heterocycles. The van der Waals surface area contributed by atoms with Gasteiger partial charge in [0.15, 0.2) is 11.6 Å². The molecule has 24 heavy (non-hydrogen) atoms. The lowest BCUT2D eigenvalue weighted by Gasteiger charge is -2.46. The molecule has 1 N–H and O–H groups in total. The van der Waals surface area contributed by atoms with Gasteiger partial charge in [-0.05, 0) is 44.4 Å². The molecule has 2 fully saturated rings. The monoisotopic (exact) mass is 336 g/mol. The number of likely N-dealkylation sites (N-methyl/N-ethyl adjacent to an activating group) is 1. The molecule has 6 heteroatoms. The number of aliphatic hydroxyl groups excluding tert-OH is 1. The van der Waals surface area contributed by atoms with E-state index in [4.69, 9.17) is 0 Å². The Balaban J connectivity index is 1.69. The Kier molecular flexibility index (Phi) is 6.03. The molecule has 0 radical (unpaired) electrons. The molecule has 0 saturated carbocycles. The molecule has 134 valence electrons. The smallest absolute Gasteiger partial charge is 0.165 e. The summed E-state index contributed by atoms with van der Waals surface area (Å²) in [7, 11) is 2.17. The van der Waals surface area contributed by atoms with E-state index in [1.807, 2.05) is 0 Å². The second kappa shape index (κ2) is 8.23. The van der Waals surface area contributed by atoms with E-state index in [9.17, 15) is 9.50 Å². The summed E-state index contributed by atoms with van der Waals surface area (Å²) in [5, 5.41) is 9.25. The maximum Gasteiger partial charge on any atom is 0.165 e. The van der Waals surface area contributed by atoms with E-state index in [1.54, 1.807) is 12.3 Å². The van der Waals surface area contributed by atoms with Crippen LogP contribution in [-0.2, 0) is 0 Å². The summed E-state index contributed by atoms with van der Waals surface area (Å²) in [6.45, 7) is 6.34. The molecule has 5 nitrogen and oxygen atoms in total. The molecule has 1 aromatic rings. The minimum absolute atomic E-state index is 0.226. The summed E-state index contributed by atoms with van der Waals surface area (Å²) in [4.78, 5) is 11.3. The molecule has 0 spiro atoms. The first-order valence-corrected chi connectivity index (χ1v) is 9.08. The predicted octanol–water partition coefficient (Wildman–Crippen LogP) is 1.44. The topological polar surface area (TPSA) is 42.8 Å². The average Bonchev–Trinajstić information content (AvgIpc) is 2.61. The summed E-state index contributed by atoms with van der Waals surface area (Å²) >= 11 is 0. The highest BCUT2D eigenvalue weighted by molar-refractivity contribution is 5.40. The molecule has 2 aliphatic rings. The van der Waals surface area contributed by atoms with Crippen LogP contribution in [-0.4, -0.2) is 78.9 Å². The number of hydrogen-bond acceptors (Lipinski definition) is 5. The minimum Gasteiger partial charge on any atom is -0.396 e. The van der Waals surface area contributed by atoms with Crippen LogP contribution in [0, 0.1) is 11.7 Å². The first kappa shape index (κ1) is 17.6. The summed E-state index contributed by atoms with van der Waals surface area (Å²) in [5.41, 5.74) is 0. The Labute approximate surface area is 144 Å². The third kappa shape index (κ3) is 4.05. The van der Waals surface area contributed by atoms with Gasteiger partial charge in [0, 0.05) is 58.1 Å². The number of aromatic nitrogens is 1. The van der Waals surface area contributed by atoms with Gasteiger partial charge in [0.2, 0.25) is 0 Å². The summed E-state index contributed by atoms with van der Waals surface area (Å²) in [6, 6.07) is 3.66. The molecular formula is C18H29FN4O. The number of pyridine rings is 1. The highest BCUT2D eigenvalue weighted by atomic mass is 19.1. The van der Waals surface area contributed by atoms with Crippen molar-refractivity contribution in [2.24, 2.45) is 5.92 Å². The zero-order chi connectivity index (χ0) is 16.9. The molecule has 0 aromatic carbocycles. The Morgan fingerprint density at radius 3 is 2.75 bits per heavy atom. The quantitative estimate of drug-likeness (QED) is 0.881. The lowest BCUT2D eigenvalue weighted by Crippen LogP contribution is -2.56. The zero-order valence-electron chi connectivity index (χ0n) is 14.6. The van der Waals surface area contributed by atoms with E-state index in [1.165, 1.54) is 6.07 Å². The van der Waals surface area contributed by atoms with E-state index in [0.717, 1.165) is 58.5 Å². The Morgan fingerprint density at radius 1 is 1.25 bits per heavy atom. The van der Waals surface area contributed by atoms with Gasteiger partial charge in [-0.25, -0.2) is 9.37 Å². The van der Waals surface area contributed by atoms with Crippen LogP contribution in [0.2, 0.25) is 0 Å². The second-order valence-electron chi connectivity index (χ2n) is 7.08. The van der Waals surface area contributed by atoms with E-state index < -0.39 is 0 Å². The summed E-state index contributed by atoms with van der Waals surface area (Å²) in [6.07, 6.45) is 4.50. The normalized spacial score (nSPS) is 26.7. The third-order valence-electron chi connectivity index (χ3n) is 5.47. The maximum atomic E-state index is 14.1. The van der Waals surface area contributed by atoms with E-state index >= 15 is 0 Å². The van der Waals surface area contributed by atoms with Crippen LogP contribution >= 0.6 is 0 Å². The number of hydrogen-bond donors (Lipinski definition) is 1.